The Morgan fingerprint density at radius 3 is 1.21 bits per heavy atom. The van der Waals surface area contributed by atoms with Crippen molar-refractivity contribution in [2.24, 2.45) is 11.8 Å². The predicted molar refractivity (Wildman–Crippen MR) is 246 cm³/mol. The summed E-state index contributed by atoms with van der Waals surface area (Å²) in [6, 6.07) is 53.6. The summed E-state index contributed by atoms with van der Waals surface area (Å²) < 4.78 is 32.6. The van der Waals surface area contributed by atoms with Gasteiger partial charge in [0.1, 0.15) is 34.5 Å². The lowest BCUT2D eigenvalue weighted by Crippen LogP contribution is -2.39. The van der Waals surface area contributed by atoms with Gasteiger partial charge in [-0.15, -0.1) is 0 Å². The molecule has 0 bridgehead atoms. The minimum Gasteiger partial charge on any atom is -0.494 e. The van der Waals surface area contributed by atoms with Crippen molar-refractivity contribution in [1.82, 2.24) is 0 Å². The Morgan fingerprint density at radius 1 is 0.426 bits per heavy atom. The Labute approximate surface area is 361 Å². The third-order valence-corrected chi connectivity index (χ3v) is 12.0. The van der Waals surface area contributed by atoms with Crippen LogP contribution in [0.25, 0.3) is 0 Å². The van der Waals surface area contributed by atoms with Crippen LogP contribution in [0.2, 0.25) is 0 Å². The zero-order chi connectivity index (χ0) is 42.1. The van der Waals surface area contributed by atoms with Gasteiger partial charge < -0.3 is 23.7 Å². The lowest BCUT2D eigenvalue weighted by atomic mass is 9.65. The third kappa shape index (κ3) is 9.28. The largest absolute Gasteiger partial charge is 0.494 e. The highest BCUT2D eigenvalue weighted by Crippen LogP contribution is 2.52. The van der Waals surface area contributed by atoms with Crippen LogP contribution in [-0.4, -0.2) is 13.2 Å². The van der Waals surface area contributed by atoms with E-state index in [1.165, 1.54) is 11.1 Å². The topological polar surface area (TPSA) is 46.2 Å². The molecule has 8 rings (SSSR count). The molecule has 2 aliphatic rings. The Morgan fingerprint density at radius 2 is 0.820 bits per heavy atom. The fourth-order valence-corrected chi connectivity index (χ4v) is 8.72. The summed E-state index contributed by atoms with van der Waals surface area (Å²) in [5, 5.41) is 0. The number of ether oxygens (including phenoxy) is 5. The van der Waals surface area contributed by atoms with Crippen LogP contribution in [0.4, 0.5) is 0 Å². The number of rotatable bonds is 16. The number of allylic oxidation sites excluding steroid dienone is 6. The lowest BCUT2D eigenvalue weighted by molar-refractivity contribution is -0.0753. The zero-order valence-corrected chi connectivity index (χ0v) is 35.4. The maximum absolute atomic E-state index is 7.94. The molecule has 5 nitrogen and oxygen atoms in total. The van der Waals surface area contributed by atoms with Gasteiger partial charge in [0.15, 0.2) is 0 Å². The summed E-state index contributed by atoms with van der Waals surface area (Å²) in [5.41, 5.74) is 3.45. The summed E-state index contributed by atoms with van der Waals surface area (Å²) in [6.45, 7) is 9.86. The first kappa shape index (κ1) is 41.2. The minimum atomic E-state index is -0.454. The van der Waals surface area contributed by atoms with Crippen molar-refractivity contribution in [3.8, 4) is 34.5 Å². The molecule has 0 radical (unpaired) electrons. The van der Waals surface area contributed by atoms with Gasteiger partial charge >= 0.3 is 0 Å². The molecule has 6 unspecified atom stereocenters. The highest BCUT2D eigenvalue weighted by Gasteiger charge is 2.45. The second-order valence-electron chi connectivity index (χ2n) is 16.0. The lowest BCUT2D eigenvalue weighted by Gasteiger charge is -2.45. The van der Waals surface area contributed by atoms with Crippen LogP contribution in [0.5, 0.6) is 34.5 Å². The van der Waals surface area contributed by atoms with Crippen LogP contribution in [0.3, 0.4) is 0 Å². The van der Waals surface area contributed by atoms with Gasteiger partial charge in [0.05, 0.1) is 25.4 Å². The van der Waals surface area contributed by atoms with E-state index >= 15 is 0 Å². The predicted octanol–water partition coefficient (Wildman–Crippen LogP) is 14.3. The van der Waals surface area contributed by atoms with E-state index in [4.69, 9.17) is 23.7 Å². The molecule has 5 heteroatoms. The van der Waals surface area contributed by atoms with E-state index in [0.29, 0.717) is 13.2 Å². The summed E-state index contributed by atoms with van der Waals surface area (Å²) in [7, 11) is 0. The van der Waals surface area contributed by atoms with Crippen LogP contribution in [-0.2, 0) is 15.6 Å². The van der Waals surface area contributed by atoms with Crippen LogP contribution < -0.4 is 18.9 Å². The van der Waals surface area contributed by atoms with Crippen LogP contribution in [0, 0.1) is 11.8 Å². The molecule has 0 N–H and O–H groups in total. The van der Waals surface area contributed by atoms with Gasteiger partial charge in [0.25, 0.3) is 0 Å². The highest BCUT2D eigenvalue weighted by atomic mass is 16.5. The first-order valence-electron chi connectivity index (χ1n) is 21.4. The molecule has 0 spiro atoms. The van der Waals surface area contributed by atoms with E-state index in [1.807, 2.05) is 86.6 Å². The maximum Gasteiger partial charge on any atom is 0.127 e. The molecule has 6 atom stereocenters. The second kappa shape index (κ2) is 18.8. The quantitative estimate of drug-likeness (QED) is 0.0975. The van der Waals surface area contributed by atoms with Crippen molar-refractivity contribution >= 4 is 0 Å². The summed E-state index contributed by atoms with van der Waals surface area (Å²) >= 11 is 0. The molecular formula is C56H54O5. The van der Waals surface area contributed by atoms with Gasteiger partial charge in [0, 0.05) is 22.7 Å². The first-order chi connectivity index (χ1) is 29.9. The van der Waals surface area contributed by atoms with Crippen molar-refractivity contribution in [3.63, 3.8) is 0 Å². The van der Waals surface area contributed by atoms with Crippen molar-refractivity contribution in [2.45, 2.75) is 50.7 Å². The molecule has 0 fully saturated rings. The van der Waals surface area contributed by atoms with E-state index in [2.05, 4.69) is 147 Å². The maximum atomic E-state index is 7.94. The average molecular weight is 807 g/mol. The van der Waals surface area contributed by atoms with Gasteiger partial charge in [-0.25, -0.2) is 0 Å². The van der Waals surface area contributed by atoms with Crippen LogP contribution >= 0.6 is 0 Å². The van der Waals surface area contributed by atoms with E-state index < -0.39 is 23.0 Å². The van der Waals surface area contributed by atoms with E-state index in [-0.39, 0.29) is 11.8 Å². The molecule has 0 saturated carbocycles. The van der Waals surface area contributed by atoms with Gasteiger partial charge in [-0.05, 0) is 109 Å². The van der Waals surface area contributed by atoms with E-state index in [1.54, 1.807) is 0 Å². The van der Waals surface area contributed by atoms with Gasteiger partial charge in [0.2, 0.25) is 0 Å². The molecule has 308 valence electrons. The molecule has 61 heavy (non-hydrogen) atoms. The van der Waals surface area contributed by atoms with Crippen molar-refractivity contribution < 1.29 is 23.7 Å². The standard InChI is InChI=1S/C56H54O5/c1-5-57-45-33-29-43(30-34-45)55(3)37-15-13-27-51(55)53(41-19-17-25-49(39-41)59-47-21-9-7-10-22-47)61-54(42-20-18-26-50(40-42)60-48-23-11-8-12-24-48)52-28-14-16-38-56(52,4)44-31-35-46(36-32-44)58-6-2/h7-40,51-54H,5-6H2,1-4H3. The average Bonchev–Trinajstić information content (AvgIpc) is 3.29. The van der Waals surface area contributed by atoms with Crippen LogP contribution in [0.1, 0.15) is 62.2 Å². The second-order valence-corrected chi connectivity index (χ2v) is 16.0. The van der Waals surface area contributed by atoms with Gasteiger partial charge in [-0.1, -0.05) is 147 Å². The summed E-state index contributed by atoms with van der Waals surface area (Å²) in [4.78, 5) is 0. The fourth-order valence-electron chi connectivity index (χ4n) is 8.72. The highest BCUT2D eigenvalue weighted by molar-refractivity contribution is 5.45. The Hall–Kier alpha value is -6.56. The molecule has 0 heterocycles. The monoisotopic (exact) mass is 806 g/mol. The minimum absolute atomic E-state index is 0.131. The number of hydrogen-bond donors (Lipinski definition) is 0. The third-order valence-electron chi connectivity index (χ3n) is 12.0. The Kier molecular flexibility index (Phi) is 12.7. The molecule has 6 aromatic rings. The number of para-hydroxylation sites is 2. The molecule has 2 aliphatic carbocycles. The van der Waals surface area contributed by atoms with E-state index in [9.17, 15) is 0 Å². The van der Waals surface area contributed by atoms with Gasteiger partial charge in [-0.3, -0.25) is 0 Å². The zero-order valence-electron chi connectivity index (χ0n) is 35.4. The smallest absolute Gasteiger partial charge is 0.127 e. The molecule has 0 saturated heterocycles. The van der Waals surface area contributed by atoms with Crippen molar-refractivity contribution in [2.75, 3.05) is 13.2 Å². The molecule has 0 aromatic heterocycles. The van der Waals surface area contributed by atoms with Crippen LogP contribution in [0.15, 0.2) is 206 Å². The molecule has 6 aromatic carbocycles. The fraction of sp³-hybridized carbons (Fsp3) is 0.214. The Balaban J connectivity index is 1.28. The number of benzene rings is 6. The number of hydrogen-bond acceptors (Lipinski definition) is 5. The van der Waals surface area contributed by atoms with Crippen molar-refractivity contribution in [1.29, 1.82) is 0 Å². The van der Waals surface area contributed by atoms with Crippen molar-refractivity contribution in [3.05, 3.63) is 229 Å². The first-order valence-corrected chi connectivity index (χ1v) is 21.4. The SMILES string of the molecule is CCOc1ccc(C2(C)C=CC=CC2C(OC(c2cccc(Oc3ccccc3)c2)C2C=CC=CC2(C)c2ccc(OCC)cc2)c2cccc(Oc3ccccc3)c2)cc1. The molecule has 0 aliphatic heterocycles. The van der Waals surface area contributed by atoms with Gasteiger partial charge in [-0.2, -0.15) is 0 Å². The summed E-state index contributed by atoms with van der Waals surface area (Å²) in [6.07, 6.45) is 17.0. The normalized spacial score (nSPS) is 21.4. The molecular weight excluding hydrogens is 753 g/mol. The summed E-state index contributed by atoms with van der Waals surface area (Å²) in [5.74, 6) is 4.47. The Bertz CT molecular complexity index is 2300. The molecule has 0 amide bonds. The van der Waals surface area contributed by atoms with E-state index in [0.717, 1.165) is 45.6 Å².